The largest absolute Gasteiger partial charge is 0.497 e. The van der Waals surface area contributed by atoms with Crippen LogP contribution in [0.2, 0.25) is 5.02 Å². The van der Waals surface area contributed by atoms with Crippen LogP contribution in [0.3, 0.4) is 0 Å². The van der Waals surface area contributed by atoms with Crippen LogP contribution >= 0.6 is 27.5 Å². The van der Waals surface area contributed by atoms with Gasteiger partial charge in [0.05, 0.1) is 12.1 Å². The first kappa shape index (κ1) is 15.4. The average molecular weight is 355 g/mol. The van der Waals surface area contributed by atoms with Gasteiger partial charge >= 0.3 is 0 Å². The van der Waals surface area contributed by atoms with Gasteiger partial charge in [0, 0.05) is 11.0 Å². The van der Waals surface area contributed by atoms with Crippen LogP contribution in [0.5, 0.6) is 5.75 Å². The van der Waals surface area contributed by atoms with E-state index in [1.807, 2.05) is 30.3 Å². The average Bonchev–Trinajstić information content (AvgIpc) is 2.48. The maximum Gasteiger partial charge on any atom is 0.118 e. The van der Waals surface area contributed by atoms with Gasteiger partial charge in [-0.05, 0) is 64.3 Å². The molecule has 0 fully saturated rings. The Hall–Kier alpha value is -1.03. The van der Waals surface area contributed by atoms with Crippen LogP contribution in [0.4, 0.5) is 0 Å². The molecule has 0 aliphatic carbocycles. The number of methoxy groups -OCH3 is 1. The van der Waals surface area contributed by atoms with Crippen molar-refractivity contribution in [2.24, 2.45) is 0 Å². The van der Waals surface area contributed by atoms with Crippen LogP contribution in [0.1, 0.15) is 11.1 Å². The lowest BCUT2D eigenvalue weighted by Crippen LogP contribution is -2.16. The maximum absolute atomic E-state index is 5.97. The summed E-state index contributed by atoms with van der Waals surface area (Å²) in [5, 5.41) is 4.17. The van der Waals surface area contributed by atoms with Crippen LogP contribution in [0, 0.1) is 0 Å². The molecule has 2 nitrogen and oxygen atoms in total. The minimum atomic E-state index is 0.743. The number of nitrogens with one attached hydrogen (secondary N) is 1. The highest BCUT2D eigenvalue weighted by Crippen LogP contribution is 2.23. The molecule has 0 aliphatic rings. The van der Waals surface area contributed by atoms with Gasteiger partial charge in [-0.3, -0.25) is 0 Å². The second kappa shape index (κ2) is 7.67. The van der Waals surface area contributed by atoms with Crippen LogP contribution in [-0.4, -0.2) is 13.7 Å². The number of hydrogen-bond acceptors (Lipinski definition) is 2. The summed E-state index contributed by atoms with van der Waals surface area (Å²) < 4.78 is 6.08. The van der Waals surface area contributed by atoms with Gasteiger partial charge in [0.25, 0.3) is 0 Å². The lowest BCUT2D eigenvalue weighted by molar-refractivity contribution is 0.414. The van der Waals surface area contributed by atoms with E-state index in [-0.39, 0.29) is 0 Å². The molecule has 0 heterocycles. The fraction of sp³-hybridized carbons (Fsp3) is 0.250. The van der Waals surface area contributed by atoms with E-state index >= 15 is 0 Å². The summed E-state index contributed by atoms with van der Waals surface area (Å²) in [7, 11) is 1.68. The molecule has 4 heteroatoms. The fourth-order valence-electron chi connectivity index (χ4n) is 1.91. The molecule has 2 aromatic rings. The molecule has 106 valence electrons. The first-order chi connectivity index (χ1) is 9.69. The van der Waals surface area contributed by atoms with Crippen molar-refractivity contribution >= 4 is 27.5 Å². The molecule has 0 spiro atoms. The first-order valence-corrected chi connectivity index (χ1v) is 7.63. The van der Waals surface area contributed by atoms with E-state index in [9.17, 15) is 0 Å². The van der Waals surface area contributed by atoms with Gasteiger partial charge in [0.1, 0.15) is 5.75 Å². The Morgan fingerprint density at radius 3 is 2.45 bits per heavy atom. The van der Waals surface area contributed by atoms with Crippen molar-refractivity contribution in [2.75, 3.05) is 13.7 Å². The summed E-state index contributed by atoms with van der Waals surface area (Å²) in [5.41, 5.74) is 2.52. The SMILES string of the molecule is COc1ccc(CCNCc2ccc(Cl)c(Br)c2)cc1. The van der Waals surface area contributed by atoms with Crippen LogP contribution in [0.15, 0.2) is 46.9 Å². The highest BCUT2D eigenvalue weighted by molar-refractivity contribution is 9.10. The summed E-state index contributed by atoms with van der Waals surface area (Å²) in [6, 6.07) is 14.2. The molecule has 1 N–H and O–H groups in total. The third-order valence-electron chi connectivity index (χ3n) is 3.06. The summed E-state index contributed by atoms with van der Waals surface area (Å²) in [6.45, 7) is 1.78. The Morgan fingerprint density at radius 1 is 1.10 bits per heavy atom. The Bertz CT molecular complexity index is 557. The number of ether oxygens (including phenoxy) is 1. The van der Waals surface area contributed by atoms with Crippen molar-refractivity contribution in [1.82, 2.24) is 5.32 Å². The zero-order valence-electron chi connectivity index (χ0n) is 11.3. The topological polar surface area (TPSA) is 21.3 Å². The van der Waals surface area contributed by atoms with Crippen molar-refractivity contribution in [3.63, 3.8) is 0 Å². The molecule has 0 bridgehead atoms. The second-order valence-electron chi connectivity index (χ2n) is 4.52. The van der Waals surface area contributed by atoms with Crippen LogP contribution in [-0.2, 0) is 13.0 Å². The second-order valence-corrected chi connectivity index (χ2v) is 5.78. The molecule has 0 amide bonds. The predicted octanol–water partition coefficient (Wildman–Crippen LogP) is 4.44. The van der Waals surface area contributed by atoms with E-state index in [1.165, 1.54) is 11.1 Å². The summed E-state index contributed by atoms with van der Waals surface area (Å²) in [5.74, 6) is 0.896. The number of benzene rings is 2. The molecule has 20 heavy (non-hydrogen) atoms. The molecule has 0 aliphatic heterocycles. The summed E-state index contributed by atoms with van der Waals surface area (Å²) >= 11 is 9.40. The normalized spacial score (nSPS) is 10.6. The Kier molecular flexibility index (Phi) is 5.89. The highest BCUT2D eigenvalue weighted by atomic mass is 79.9. The molecule has 2 aromatic carbocycles. The molecule has 0 unspecified atom stereocenters. The van der Waals surface area contributed by atoms with Crippen molar-refractivity contribution in [3.05, 3.63) is 63.1 Å². The quantitative estimate of drug-likeness (QED) is 0.774. The minimum absolute atomic E-state index is 0.743. The van der Waals surface area contributed by atoms with Crippen molar-refractivity contribution in [1.29, 1.82) is 0 Å². The standard InChI is InChI=1S/C16H17BrClNO/c1-20-14-5-2-12(3-6-14)8-9-19-11-13-4-7-16(18)15(17)10-13/h2-7,10,19H,8-9,11H2,1H3. The van der Waals surface area contributed by atoms with Crippen molar-refractivity contribution < 1.29 is 4.74 Å². The lowest BCUT2D eigenvalue weighted by Gasteiger charge is -2.07. The number of hydrogen-bond donors (Lipinski definition) is 1. The highest BCUT2D eigenvalue weighted by Gasteiger charge is 1.99. The molecule has 2 rings (SSSR count). The number of rotatable bonds is 6. The van der Waals surface area contributed by atoms with Gasteiger partial charge in [0.2, 0.25) is 0 Å². The van der Waals surface area contributed by atoms with E-state index in [4.69, 9.17) is 16.3 Å². The molecule has 0 saturated carbocycles. The molecule has 0 saturated heterocycles. The van der Waals surface area contributed by atoms with E-state index in [2.05, 4.69) is 33.4 Å². The van der Waals surface area contributed by atoms with Crippen molar-refractivity contribution in [3.8, 4) is 5.75 Å². The first-order valence-electron chi connectivity index (χ1n) is 6.46. The van der Waals surface area contributed by atoms with E-state index < -0.39 is 0 Å². The minimum Gasteiger partial charge on any atom is -0.497 e. The van der Waals surface area contributed by atoms with Crippen LogP contribution < -0.4 is 10.1 Å². The van der Waals surface area contributed by atoms with E-state index in [1.54, 1.807) is 7.11 Å². The zero-order valence-corrected chi connectivity index (χ0v) is 13.7. The molecule has 0 atom stereocenters. The molecular weight excluding hydrogens is 338 g/mol. The zero-order chi connectivity index (χ0) is 14.4. The predicted molar refractivity (Wildman–Crippen MR) is 87.6 cm³/mol. The van der Waals surface area contributed by atoms with Gasteiger partial charge in [-0.25, -0.2) is 0 Å². The molecule has 0 aromatic heterocycles. The van der Waals surface area contributed by atoms with Gasteiger partial charge < -0.3 is 10.1 Å². The summed E-state index contributed by atoms with van der Waals surface area (Å²) in [6.07, 6.45) is 0.999. The van der Waals surface area contributed by atoms with Gasteiger partial charge in [0.15, 0.2) is 0 Å². The van der Waals surface area contributed by atoms with Gasteiger partial charge in [-0.1, -0.05) is 29.8 Å². The van der Waals surface area contributed by atoms with Gasteiger partial charge in [-0.2, -0.15) is 0 Å². The third kappa shape index (κ3) is 4.51. The Labute approximate surface area is 133 Å². The Morgan fingerprint density at radius 2 is 1.80 bits per heavy atom. The lowest BCUT2D eigenvalue weighted by atomic mass is 10.1. The smallest absolute Gasteiger partial charge is 0.118 e. The number of halogens is 2. The Balaban J connectivity index is 1.76. The maximum atomic E-state index is 5.97. The van der Waals surface area contributed by atoms with Crippen LogP contribution in [0.25, 0.3) is 0 Å². The van der Waals surface area contributed by atoms with Crippen molar-refractivity contribution in [2.45, 2.75) is 13.0 Å². The third-order valence-corrected chi connectivity index (χ3v) is 4.28. The molecule has 0 radical (unpaired) electrons. The fourth-order valence-corrected chi connectivity index (χ4v) is 2.45. The molecular formula is C16H17BrClNO. The summed E-state index contributed by atoms with van der Waals surface area (Å²) in [4.78, 5) is 0. The van der Waals surface area contributed by atoms with E-state index in [0.717, 1.165) is 34.8 Å². The van der Waals surface area contributed by atoms with E-state index in [0.29, 0.717) is 0 Å². The van der Waals surface area contributed by atoms with Gasteiger partial charge in [-0.15, -0.1) is 0 Å². The monoisotopic (exact) mass is 353 g/mol.